The number of ketones is 1. The molecule has 2 aromatic carbocycles. The summed E-state index contributed by atoms with van der Waals surface area (Å²) in [5, 5.41) is 37.9. The van der Waals surface area contributed by atoms with Crippen LogP contribution in [0.1, 0.15) is 15.9 Å². The quantitative estimate of drug-likeness (QED) is 0.598. The van der Waals surface area contributed by atoms with E-state index in [0.717, 1.165) is 12.1 Å². The molecule has 21 heavy (non-hydrogen) atoms. The molecule has 0 aromatic heterocycles. The number of carbonyl (C=O) groups is 1. The Morgan fingerprint density at radius 3 is 2.14 bits per heavy atom. The second-order valence-electron chi connectivity index (χ2n) is 4.56. The Morgan fingerprint density at radius 2 is 1.48 bits per heavy atom. The number of benzene rings is 2. The molecule has 6 heteroatoms. The Hall–Kier alpha value is -3.15. The van der Waals surface area contributed by atoms with E-state index in [-0.39, 0.29) is 40.1 Å². The number of aromatic hydroxyl groups is 4. The summed E-state index contributed by atoms with van der Waals surface area (Å²) in [6.07, 6.45) is 1.32. The van der Waals surface area contributed by atoms with Gasteiger partial charge in [-0.1, -0.05) is 0 Å². The second-order valence-corrected chi connectivity index (χ2v) is 4.56. The van der Waals surface area contributed by atoms with E-state index >= 15 is 0 Å². The van der Waals surface area contributed by atoms with E-state index in [0.29, 0.717) is 5.56 Å². The van der Waals surface area contributed by atoms with Crippen LogP contribution in [0.5, 0.6) is 28.7 Å². The molecule has 1 heterocycles. The van der Waals surface area contributed by atoms with Gasteiger partial charge in [0.2, 0.25) is 5.78 Å². The molecule has 3 rings (SSSR count). The molecular weight excluding hydrogens is 276 g/mol. The molecule has 0 saturated heterocycles. The summed E-state index contributed by atoms with van der Waals surface area (Å²) in [6, 6.07) is 6.09. The Bertz CT molecular complexity index is 771. The van der Waals surface area contributed by atoms with Gasteiger partial charge in [0.25, 0.3) is 0 Å². The maximum absolute atomic E-state index is 12.1. The summed E-state index contributed by atoms with van der Waals surface area (Å²) < 4.78 is 5.29. The van der Waals surface area contributed by atoms with Crippen LogP contribution in [0.4, 0.5) is 0 Å². The van der Waals surface area contributed by atoms with E-state index in [1.807, 2.05) is 0 Å². The summed E-state index contributed by atoms with van der Waals surface area (Å²) in [7, 11) is 0. The van der Waals surface area contributed by atoms with Gasteiger partial charge in [-0.2, -0.15) is 0 Å². The van der Waals surface area contributed by atoms with Crippen molar-refractivity contribution < 1.29 is 30.0 Å². The van der Waals surface area contributed by atoms with Crippen LogP contribution < -0.4 is 4.74 Å². The topological polar surface area (TPSA) is 107 Å². The number of Topliss-reactive ketones (excluding diaryl/α,β-unsaturated/α-hetero) is 1. The van der Waals surface area contributed by atoms with Crippen molar-refractivity contribution >= 4 is 11.9 Å². The van der Waals surface area contributed by atoms with E-state index < -0.39 is 5.78 Å². The van der Waals surface area contributed by atoms with Gasteiger partial charge in [-0.15, -0.1) is 0 Å². The molecule has 106 valence electrons. The van der Waals surface area contributed by atoms with Gasteiger partial charge in [0, 0.05) is 18.2 Å². The van der Waals surface area contributed by atoms with Crippen LogP contribution in [-0.4, -0.2) is 26.2 Å². The maximum Gasteiger partial charge on any atom is 0.235 e. The highest BCUT2D eigenvalue weighted by Gasteiger charge is 2.31. The van der Waals surface area contributed by atoms with E-state index in [2.05, 4.69) is 0 Å². The summed E-state index contributed by atoms with van der Waals surface area (Å²) >= 11 is 0. The predicted molar refractivity (Wildman–Crippen MR) is 72.5 cm³/mol. The van der Waals surface area contributed by atoms with Crippen molar-refractivity contribution in [1.29, 1.82) is 0 Å². The second kappa shape index (κ2) is 4.45. The molecule has 0 fully saturated rings. The lowest BCUT2D eigenvalue weighted by atomic mass is 10.1. The summed E-state index contributed by atoms with van der Waals surface area (Å²) in [6.45, 7) is 0. The van der Waals surface area contributed by atoms with Gasteiger partial charge in [-0.3, -0.25) is 4.79 Å². The Labute approximate surface area is 118 Å². The summed E-state index contributed by atoms with van der Waals surface area (Å²) in [4.78, 5) is 12.1. The number of hydrogen-bond donors (Lipinski definition) is 4. The lowest BCUT2D eigenvalue weighted by molar-refractivity contribution is 0.101. The molecule has 0 bridgehead atoms. The van der Waals surface area contributed by atoms with Crippen LogP contribution in [0.3, 0.4) is 0 Å². The Balaban J connectivity index is 2.05. The van der Waals surface area contributed by atoms with E-state index in [1.54, 1.807) is 0 Å². The van der Waals surface area contributed by atoms with Crippen LogP contribution in [0.15, 0.2) is 36.1 Å². The molecule has 0 radical (unpaired) electrons. The monoisotopic (exact) mass is 286 g/mol. The zero-order valence-electron chi connectivity index (χ0n) is 10.6. The normalized spacial score (nSPS) is 15.0. The third-order valence-electron chi connectivity index (χ3n) is 2.96. The third-order valence-corrected chi connectivity index (χ3v) is 2.96. The molecule has 0 saturated carbocycles. The average Bonchev–Trinajstić information content (AvgIpc) is 2.64. The maximum atomic E-state index is 12.1. The third kappa shape index (κ3) is 2.23. The van der Waals surface area contributed by atoms with Gasteiger partial charge in [0.05, 0.1) is 0 Å². The fraction of sp³-hybridized carbons (Fsp3) is 0. The predicted octanol–water partition coefficient (Wildman–Crippen LogP) is 2.13. The van der Waals surface area contributed by atoms with Crippen molar-refractivity contribution in [3.05, 3.63) is 47.2 Å². The summed E-state index contributed by atoms with van der Waals surface area (Å²) in [5.41, 5.74) is 0.316. The van der Waals surface area contributed by atoms with Crippen molar-refractivity contribution in [3.8, 4) is 28.7 Å². The van der Waals surface area contributed by atoms with E-state index in [9.17, 15) is 25.2 Å². The fourth-order valence-electron chi connectivity index (χ4n) is 2.13. The molecular formula is C15H10O6. The molecule has 6 nitrogen and oxygen atoms in total. The van der Waals surface area contributed by atoms with E-state index in [4.69, 9.17) is 4.74 Å². The van der Waals surface area contributed by atoms with Crippen molar-refractivity contribution in [1.82, 2.24) is 0 Å². The van der Waals surface area contributed by atoms with Crippen LogP contribution in [0.2, 0.25) is 0 Å². The van der Waals surface area contributed by atoms with Crippen LogP contribution in [0, 0.1) is 0 Å². The lowest BCUT2D eigenvalue weighted by Gasteiger charge is -2.01. The van der Waals surface area contributed by atoms with Crippen LogP contribution >= 0.6 is 0 Å². The van der Waals surface area contributed by atoms with Gasteiger partial charge in [0.1, 0.15) is 34.3 Å². The number of phenolic OH excluding ortho intramolecular Hbond substituents is 4. The highest BCUT2D eigenvalue weighted by atomic mass is 16.5. The standard InChI is InChI=1S/C15H10O6/c16-8-1-7(2-9(17)4-8)3-13-15(20)14-11(19)5-10(18)6-12(14)21-13/h1-6,16-19H/b13-3-. The largest absolute Gasteiger partial charge is 0.508 e. The highest BCUT2D eigenvalue weighted by Crippen LogP contribution is 2.40. The smallest absolute Gasteiger partial charge is 0.235 e. The molecule has 2 aromatic rings. The number of allylic oxidation sites excluding steroid dienone is 1. The Morgan fingerprint density at radius 1 is 0.857 bits per heavy atom. The first-order chi connectivity index (χ1) is 9.94. The van der Waals surface area contributed by atoms with Crippen molar-refractivity contribution in [2.75, 3.05) is 0 Å². The van der Waals surface area contributed by atoms with E-state index in [1.165, 1.54) is 24.3 Å². The minimum absolute atomic E-state index is 0.0385. The number of fused-ring (bicyclic) bond motifs is 1. The summed E-state index contributed by atoms with van der Waals surface area (Å²) in [5.74, 6) is -1.52. The molecule has 0 aliphatic carbocycles. The molecule has 0 spiro atoms. The first kappa shape index (κ1) is 12.9. The Kier molecular flexibility index (Phi) is 2.72. The zero-order valence-corrected chi connectivity index (χ0v) is 10.6. The number of phenols is 4. The number of hydrogen-bond acceptors (Lipinski definition) is 6. The van der Waals surface area contributed by atoms with Crippen LogP contribution in [0.25, 0.3) is 6.08 Å². The number of rotatable bonds is 1. The molecule has 4 N–H and O–H groups in total. The highest BCUT2D eigenvalue weighted by molar-refractivity contribution is 6.16. The first-order valence-corrected chi connectivity index (χ1v) is 5.97. The molecule has 0 unspecified atom stereocenters. The average molecular weight is 286 g/mol. The van der Waals surface area contributed by atoms with Gasteiger partial charge in [0.15, 0.2) is 5.76 Å². The van der Waals surface area contributed by atoms with Crippen LogP contribution in [-0.2, 0) is 0 Å². The fourth-order valence-corrected chi connectivity index (χ4v) is 2.13. The number of carbonyl (C=O) groups excluding carboxylic acids is 1. The van der Waals surface area contributed by atoms with Gasteiger partial charge < -0.3 is 25.2 Å². The molecule has 1 aliphatic heterocycles. The van der Waals surface area contributed by atoms with Crippen molar-refractivity contribution in [2.24, 2.45) is 0 Å². The van der Waals surface area contributed by atoms with Gasteiger partial charge in [-0.25, -0.2) is 0 Å². The minimum Gasteiger partial charge on any atom is -0.508 e. The zero-order chi connectivity index (χ0) is 15.1. The minimum atomic E-state index is -0.551. The molecule has 0 amide bonds. The van der Waals surface area contributed by atoms with Crippen molar-refractivity contribution in [2.45, 2.75) is 0 Å². The van der Waals surface area contributed by atoms with Gasteiger partial charge >= 0.3 is 0 Å². The molecule has 1 aliphatic rings. The van der Waals surface area contributed by atoms with Crippen molar-refractivity contribution in [3.63, 3.8) is 0 Å². The number of ether oxygens (including phenoxy) is 1. The lowest BCUT2D eigenvalue weighted by Crippen LogP contribution is -1.98. The first-order valence-electron chi connectivity index (χ1n) is 5.97. The SMILES string of the molecule is O=C1/C(=C/c2cc(O)cc(O)c2)Oc2cc(O)cc(O)c21. The van der Waals surface area contributed by atoms with Gasteiger partial charge in [-0.05, 0) is 23.8 Å². The molecule has 0 atom stereocenters.